The van der Waals surface area contributed by atoms with Crippen LogP contribution < -0.4 is 11.1 Å². The summed E-state index contributed by atoms with van der Waals surface area (Å²) in [7, 11) is 0. The summed E-state index contributed by atoms with van der Waals surface area (Å²) < 4.78 is 5.08. The predicted octanol–water partition coefficient (Wildman–Crippen LogP) is 1.17. The van der Waals surface area contributed by atoms with Crippen LogP contribution in [0, 0.1) is 5.92 Å². The Hall–Kier alpha value is -1.26. The van der Waals surface area contributed by atoms with Crippen molar-refractivity contribution in [3.05, 3.63) is 0 Å². The Morgan fingerprint density at radius 3 is 2.25 bits per heavy atom. The molecule has 1 aliphatic carbocycles. The highest BCUT2D eigenvalue weighted by atomic mass is 16.6. The third-order valence-electron chi connectivity index (χ3n) is 2.60. The van der Waals surface area contributed by atoms with Crippen molar-refractivity contribution in [1.82, 2.24) is 5.32 Å². The molecular weight excluding hydrogens is 208 g/mol. The number of alkyl carbamates (subject to hydrolysis) is 1. The summed E-state index contributed by atoms with van der Waals surface area (Å²) in [6.45, 7) is 5.32. The number of carbonyl (C=O) groups is 2. The van der Waals surface area contributed by atoms with Gasteiger partial charge in [-0.2, -0.15) is 0 Å². The summed E-state index contributed by atoms with van der Waals surface area (Å²) in [6, 6.07) is -0.594. The van der Waals surface area contributed by atoms with Crippen LogP contribution in [-0.4, -0.2) is 23.6 Å². The second-order valence-corrected chi connectivity index (χ2v) is 5.22. The molecule has 0 aliphatic heterocycles. The van der Waals surface area contributed by atoms with Gasteiger partial charge in [-0.25, -0.2) is 4.79 Å². The zero-order valence-electron chi connectivity index (χ0n) is 10.1. The second kappa shape index (κ2) is 4.72. The fourth-order valence-electron chi connectivity index (χ4n) is 1.63. The fraction of sp³-hybridized carbons (Fsp3) is 0.818. The standard InChI is InChI=1S/C11H20N2O3/c1-11(2,3)16-10(15)13-8(9(12)14)7-5-4-6-7/h7-8H,4-6H2,1-3H3,(H2,12,14)(H,13,15)/t8-/m1/s1. The summed E-state index contributed by atoms with van der Waals surface area (Å²) in [4.78, 5) is 22.7. The fourth-order valence-corrected chi connectivity index (χ4v) is 1.63. The molecular formula is C11H20N2O3. The van der Waals surface area contributed by atoms with Crippen LogP contribution in [0.5, 0.6) is 0 Å². The van der Waals surface area contributed by atoms with Gasteiger partial charge in [0, 0.05) is 0 Å². The molecule has 0 saturated heterocycles. The van der Waals surface area contributed by atoms with E-state index in [9.17, 15) is 9.59 Å². The number of nitrogens with two attached hydrogens (primary N) is 1. The number of rotatable bonds is 3. The monoisotopic (exact) mass is 228 g/mol. The van der Waals surface area contributed by atoms with Crippen LogP contribution in [0.25, 0.3) is 0 Å². The minimum Gasteiger partial charge on any atom is -0.444 e. The SMILES string of the molecule is CC(C)(C)OC(=O)N[C@@H](C(N)=O)C1CCC1. The largest absolute Gasteiger partial charge is 0.444 e. The summed E-state index contributed by atoms with van der Waals surface area (Å²) in [5, 5.41) is 2.54. The highest BCUT2D eigenvalue weighted by molar-refractivity contribution is 5.84. The Morgan fingerprint density at radius 1 is 1.38 bits per heavy atom. The van der Waals surface area contributed by atoms with Gasteiger partial charge in [0.05, 0.1) is 0 Å². The van der Waals surface area contributed by atoms with Crippen LogP contribution in [0.3, 0.4) is 0 Å². The van der Waals surface area contributed by atoms with Crippen LogP contribution in [0.2, 0.25) is 0 Å². The van der Waals surface area contributed by atoms with E-state index in [0.717, 1.165) is 19.3 Å². The predicted molar refractivity (Wildman–Crippen MR) is 59.7 cm³/mol. The molecule has 1 aliphatic rings. The quantitative estimate of drug-likeness (QED) is 0.760. The Bertz CT molecular complexity index is 279. The number of carbonyl (C=O) groups excluding carboxylic acids is 2. The maximum atomic E-state index is 11.5. The molecule has 5 nitrogen and oxygen atoms in total. The lowest BCUT2D eigenvalue weighted by Crippen LogP contribution is -2.52. The van der Waals surface area contributed by atoms with Crippen LogP contribution in [0.1, 0.15) is 40.0 Å². The molecule has 0 aromatic carbocycles. The van der Waals surface area contributed by atoms with Crippen LogP contribution in [0.4, 0.5) is 4.79 Å². The first-order valence-electron chi connectivity index (χ1n) is 5.58. The van der Waals surface area contributed by atoms with Gasteiger partial charge in [0.2, 0.25) is 5.91 Å². The first-order chi connectivity index (χ1) is 7.29. The van der Waals surface area contributed by atoms with Crippen molar-refractivity contribution in [1.29, 1.82) is 0 Å². The van der Waals surface area contributed by atoms with E-state index in [1.807, 2.05) is 0 Å². The molecule has 2 amide bonds. The van der Waals surface area contributed by atoms with Crippen molar-refractivity contribution in [2.24, 2.45) is 11.7 Å². The van der Waals surface area contributed by atoms with Crippen molar-refractivity contribution >= 4 is 12.0 Å². The van der Waals surface area contributed by atoms with Gasteiger partial charge < -0.3 is 15.8 Å². The molecule has 0 unspecified atom stereocenters. The highest BCUT2D eigenvalue weighted by Gasteiger charge is 2.33. The number of nitrogens with one attached hydrogen (secondary N) is 1. The molecule has 0 aromatic heterocycles. The first kappa shape index (κ1) is 12.8. The smallest absolute Gasteiger partial charge is 0.408 e. The lowest BCUT2D eigenvalue weighted by atomic mass is 9.79. The molecule has 5 heteroatoms. The molecule has 0 aromatic rings. The van der Waals surface area contributed by atoms with Gasteiger partial charge in [-0.15, -0.1) is 0 Å². The summed E-state index contributed by atoms with van der Waals surface area (Å²) in [6.07, 6.45) is 2.38. The van der Waals surface area contributed by atoms with Crippen molar-refractivity contribution in [2.75, 3.05) is 0 Å². The minimum absolute atomic E-state index is 0.171. The van der Waals surface area contributed by atoms with Gasteiger partial charge in [-0.1, -0.05) is 6.42 Å². The lowest BCUT2D eigenvalue weighted by Gasteiger charge is -2.32. The number of ether oxygens (including phenoxy) is 1. The highest BCUT2D eigenvalue weighted by Crippen LogP contribution is 2.29. The molecule has 0 spiro atoms. The number of primary amides is 1. The molecule has 1 fully saturated rings. The molecule has 3 N–H and O–H groups in total. The number of amides is 2. The van der Waals surface area contributed by atoms with Crippen molar-refractivity contribution < 1.29 is 14.3 Å². The molecule has 0 heterocycles. The average molecular weight is 228 g/mol. The maximum Gasteiger partial charge on any atom is 0.408 e. The van der Waals surface area contributed by atoms with Gasteiger partial charge in [-0.3, -0.25) is 4.79 Å². The number of hydrogen-bond acceptors (Lipinski definition) is 3. The van der Waals surface area contributed by atoms with Crippen LogP contribution in [-0.2, 0) is 9.53 Å². The average Bonchev–Trinajstić information content (AvgIpc) is 1.95. The Balaban J connectivity index is 2.48. The van der Waals surface area contributed by atoms with E-state index in [-0.39, 0.29) is 5.92 Å². The molecule has 0 radical (unpaired) electrons. The third kappa shape index (κ3) is 3.72. The van der Waals surface area contributed by atoms with Gasteiger partial charge in [-0.05, 0) is 39.5 Å². The van der Waals surface area contributed by atoms with E-state index in [1.54, 1.807) is 20.8 Å². The minimum atomic E-state index is -0.594. The molecule has 1 saturated carbocycles. The molecule has 1 atom stereocenters. The Morgan fingerprint density at radius 2 is 1.94 bits per heavy atom. The zero-order valence-corrected chi connectivity index (χ0v) is 10.1. The van der Waals surface area contributed by atoms with Crippen LogP contribution in [0.15, 0.2) is 0 Å². The van der Waals surface area contributed by atoms with E-state index >= 15 is 0 Å². The van der Waals surface area contributed by atoms with Crippen molar-refractivity contribution in [3.8, 4) is 0 Å². The third-order valence-corrected chi connectivity index (χ3v) is 2.60. The zero-order chi connectivity index (χ0) is 12.3. The lowest BCUT2D eigenvalue weighted by molar-refractivity contribution is -0.122. The summed E-state index contributed by atoms with van der Waals surface area (Å²) in [5.74, 6) is -0.319. The molecule has 1 rings (SSSR count). The normalized spacial score (nSPS) is 18.4. The first-order valence-corrected chi connectivity index (χ1v) is 5.58. The number of hydrogen-bond donors (Lipinski definition) is 2. The van der Waals surface area contributed by atoms with Gasteiger partial charge in [0.15, 0.2) is 0 Å². The topological polar surface area (TPSA) is 81.4 Å². The van der Waals surface area contributed by atoms with Gasteiger partial charge in [0.1, 0.15) is 11.6 Å². The molecule has 16 heavy (non-hydrogen) atoms. The van der Waals surface area contributed by atoms with Gasteiger partial charge >= 0.3 is 6.09 Å². The van der Waals surface area contributed by atoms with E-state index in [4.69, 9.17) is 10.5 Å². The maximum absolute atomic E-state index is 11.5. The van der Waals surface area contributed by atoms with E-state index < -0.39 is 23.6 Å². The van der Waals surface area contributed by atoms with Crippen molar-refractivity contribution in [2.45, 2.75) is 51.7 Å². The Kier molecular flexibility index (Phi) is 3.78. The summed E-state index contributed by atoms with van der Waals surface area (Å²) >= 11 is 0. The van der Waals surface area contributed by atoms with E-state index in [0.29, 0.717) is 0 Å². The molecule has 0 bridgehead atoms. The molecule has 92 valence electrons. The summed E-state index contributed by atoms with van der Waals surface area (Å²) in [5.41, 5.74) is 4.69. The van der Waals surface area contributed by atoms with Gasteiger partial charge in [0.25, 0.3) is 0 Å². The van der Waals surface area contributed by atoms with Crippen molar-refractivity contribution in [3.63, 3.8) is 0 Å². The van der Waals surface area contributed by atoms with E-state index in [2.05, 4.69) is 5.32 Å². The van der Waals surface area contributed by atoms with Crippen LogP contribution >= 0.6 is 0 Å². The second-order valence-electron chi connectivity index (χ2n) is 5.22. The van der Waals surface area contributed by atoms with E-state index in [1.165, 1.54) is 0 Å². The Labute approximate surface area is 95.7 Å².